The number of carbonyl (C=O) groups excluding carboxylic acids is 4. The van der Waals surface area contributed by atoms with Crippen LogP contribution in [0.4, 0.5) is 11.4 Å². The molecule has 4 amide bonds. The van der Waals surface area contributed by atoms with Crippen LogP contribution in [0.5, 0.6) is 5.75 Å². The monoisotopic (exact) mass is 656 g/mol. The van der Waals surface area contributed by atoms with Crippen molar-refractivity contribution in [2.45, 2.75) is 37.5 Å². The first-order valence-corrected chi connectivity index (χ1v) is 16.8. The summed E-state index contributed by atoms with van der Waals surface area (Å²) in [4.78, 5) is 60.9. The molecule has 0 aromatic heterocycles. The number of phenolic OH excluding ortho intramolecular Hbond substituents is 1. The molecule has 48 heavy (non-hydrogen) atoms. The fraction of sp³-hybridized carbons (Fsp3) is 0.250. The van der Waals surface area contributed by atoms with Gasteiger partial charge in [-0.05, 0) is 84.3 Å². The van der Waals surface area contributed by atoms with E-state index >= 15 is 4.79 Å². The summed E-state index contributed by atoms with van der Waals surface area (Å²) in [6, 6.07) is 30.4. The lowest BCUT2D eigenvalue weighted by atomic mass is 9.49. The molecule has 4 aromatic carbocycles. The Morgan fingerprint density at radius 3 is 2.19 bits per heavy atom. The van der Waals surface area contributed by atoms with E-state index in [1.807, 2.05) is 60.7 Å². The largest absolute Gasteiger partial charge is 0.508 e. The number of allylic oxidation sites excluding steroid dienone is 2. The maximum Gasteiger partial charge on any atom is 0.246 e. The average Bonchev–Trinajstić information content (AvgIpc) is 3.50. The Balaban J connectivity index is 1.32. The lowest BCUT2D eigenvalue weighted by molar-refractivity contribution is -0.127. The van der Waals surface area contributed by atoms with E-state index in [9.17, 15) is 19.5 Å². The molecule has 240 valence electrons. The summed E-state index contributed by atoms with van der Waals surface area (Å²) >= 11 is 6.38. The van der Waals surface area contributed by atoms with Crippen LogP contribution in [0, 0.1) is 23.7 Å². The fourth-order valence-corrected chi connectivity index (χ4v) is 9.11. The number of hydrogen-bond acceptors (Lipinski definition) is 5. The number of amides is 4. The molecule has 2 heterocycles. The van der Waals surface area contributed by atoms with Gasteiger partial charge in [0.15, 0.2) is 0 Å². The minimum Gasteiger partial charge on any atom is -0.508 e. The Morgan fingerprint density at radius 1 is 0.771 bits per heavy atom. The topological polar surface area (TPSA) is 95.0 Å². The smallest absolute Gasteiger partial charge is 0.246 e. The Kier molecular flexibility index (Phi) is 7.15. The van der Waals surface area contributed by atoms with Crippen LogP contribution in [-0.2, 0) is 31.0 Å². The average molecular weight is 657 g/mol. The summed E-state index contributed by atoms with van der Waals surface area (Å²) in [5.74, 6) is -4.36. The van der Waals surface area contributed by atoms with E-state index in [-0.39, 0.29) is 35.8 Å². The summed E-state index contributed by atoms with van der Waals surface area (Å²) in [6.45, 7) is 2.05. The number of aryl methyl sites for hydroxylation is 1. The number of fused-ring (bicyclic) bond motifs is 4. The predicted molar refractivity (Wildman–Crippen MR) is 183 cm³/mol. The van der Waals surface area contributed by atoms with Gasteiger partial charge in [0.1, 0.15) is 5.75 Å². The number of imide groups is 2. The number of benzene rings is 4. The number of nitrogens with zero attached hydrogens (tertiary/aromatic N) is 2. The molecule has 2 saturated heterocycles. The third-order valence-electron chi connectivity index (χ3n) is 11.0. The van der Waals surface area contributed by atoms with Crippen molar-refractivity contribution in [2.24, 2.45) is 23.7 Å². The van der Waals surface area contributed by atoms with Crippen LogP contribution < -0.4 is 9.80 Å². The van der Waals surface area contributed by atoms with E-state index in [4.69, 9.17) is 11.6 Å². The van der Waals surface area contributed by atoms with Crippen molar-refractivity contribution >= 4 is 46.6 Å². The maximum absolute atomic E-state index is 15.2. The number of rotatable bonds is 5. The van der Waals surface area contributed by atoms with Crippen molar-refractivity contribution in [1.29, 1.82) is 0 Å². The highest BCUT2D eigenvalue weighted by Crippen LogP contribution is 2.64. The molecule has 4 aromatic rings. The molecule has 1 N–H and O–H groups in total. The molecule has 8 rings (SSSR count). The third-order valence-corrected chi connectivity index (χ3v) is 11.2. The van der Waals surface area contributed by atoms with Crippen LogP contribution in [0.2, 0.25) is 5.02 Å². The highest BCUT2D eigenvalue weighted by molar-refractivity contribution is 6.32. The number of aromatic hydroxyl groups is 1. The van der Waals surface area contributed by atoms with Gasteiger partial charge in [-0.25, -0.2) is 4.90 Å². The molecule has 0 bridgehead atoms. The molecule has 8 heteroatoms. The highest BCUT2D eigenvalue weighted by atomic mass is 35.5. The molecule has 6 atom stereocenters. The van der Waals surface area contributed by atoms with Crippen molar-refractivity contribution in [3.05, 3.63) is 136 Å². The second kappa shape index (κ2) is 11.3. The number of carbonyl (C=O) groups is 4. The Hall–Kier alpha value is -5.01. The quantitative estimate of drug-likeness (QED) is 0.185. The third kappa shape index (κ3) is 4.26. The molecule has 7 nitrogen and oxygen atoms in total. The van der Waals surface area contributed by atoms with Crippen LogP contribution in [0.3, 0.4) is 0 Å². The van der Waals surface area contributed by atoms with Crippen molar-refractivity contribution in [1.82, 2.24) is 0 Å². The summed E-state index contributed by atoms with van der Waals surface area (Å²) in [5.41, 5.74) is 3.00. The zero-order valence-corrected chi connectivity index (χ0v) is 27.0. The minimum absolute atomic E-state index is 0.0739. The van der Waals surface area contributed by atoms with Gasteiger partial charge in [-0.3, -0.25) is 24.1 Å². The first-order chi connectivity index (χ1) is 23.2. The molecule has 4 aliphatic rings. The van der Waals surface area contributed by atoms with E-state index in [2.05, 4.69) is 6.92 Å². The zero-order valence-electron chi connectivity index (χ0n) is 26.3. The van der Waals surface area contributed by atoms with Crippen molar-refractivity contribution in [3.8, 4) is 5.75 Å². The molecule has 2 aliphatic carbocycles. The standard InChI is InChI=1S/C40H33ClN2O5/c1-2-23-11-15-27(16-12-23)42-36(45)31-20-19-30-32(34(31)38(42)47)22-33-37(46)43(28-10-6-9-26(41)21-28)39(48)40(33,25-7-4-3-5-8-25)35(30)24-13-17-29(44)18-14-24/h3-19,21,31-35,44H,2,20,22H2,1H3/t31-,32+,33-,34-,35-,40+/m0/s1. The molecule has 3 fully saturated rings. The molecule has 1 saturated carbocycles. The molecular formula is C40H33ClN2O5. The van der Waals surface area contributed by atoms with Gasteiger partial charge in [0.05, 0.1) is 34.5 Å². The number of phenols is 1. The zero-order chi connectivity index (χ0) is 33.3. The van der Waals surface area contributed by atoms with Gasteiger partial charge in [0.25, 0.3) is 0 Å². The maximum atomic E-state index is 15.2. The van der Waals surface area contributed by atoms with E-state index in [1.165, 1.54) is 9.80 Å². The van der Waals surface area contributed by atoms with E-state index in [0.717, 1.165) is 23.1 Å². The van der Waals surface area contributed by atoms with E-state index < -0.39 is 35.0 Å². The summed E-state index contributed by atoms with van der Waals surface area (Å²) in [5, 5.41) is 10.7. The first-order valence-electron chi connectivity index (χ1n) is 16.4. The SMILES string of the molecule is CCc1ccc(N2C(=O)[C@H]3[C@H](CC=C4[C@H]3C[C@H]3C(=O)N(c5cccc(Cl)c5)C(=O)[C@@]3(c3ccccc3)[C@H]4c3ccc(O)cc3)C2=O)cc1. The van der Waals surface area contributed by atoms with Gasteiger partial charge in [0, 0.05) is 10.9 Å². The van der Waals surface area contributed by atoms with Gasteiger partial charge < -0.3 is 5.11 Å². The van der Waals surface area contributed by atoms with Crippen LogP contribution >= 0.6 is 11.6 Å². The molecule has 2 aliphatic heterocycles. The van der Waals surface area contributed by atoms with Crippen LogP contribution in [0.25, 0.3) is 0 Å². The van der Waals surface area contributed by atoms with Gasteiger partial charge in [-0.2, -0.15) is 0 Å². The van der Waals surface area contributed by atoms with Gasteiger partial charge in [-0.15, -0.1) is 0 Å². The first kappa shape index (κ1) is 30.3. The van der Waals surface area contributed by atoms with Crippen LogP contribution in [-0.4, -0.2) is 28.7 Å². The van der Waals surface area contributed by atoms with E-state index in [0.29, 0.717) is 28.4 Å². The van der Waals surface area contributed by atoms with Gasteiger partial charge in [-0.1, -0.05) is 90.8 Å². The van der Waals surface area contributed by atoms with Crippen molar-refractivity contribution in [3.63, 3.8) is 0 Å². The number of hydrogen-bond donors (Lipinski definition) is 1. The Labute approximate surface area is 283 Å². The molecule has 0 radical (unpaired) electrons. The summed E-state index contributed by atoms with van der Waals surface area (Å²) in [7, 11) is 0. The normalized spacial score (nSPS) is 27.9. The fourth-order valence-electron chi connectivity index (χ4n) is 8.92. The van der Waals surface area contributed by atoms with Crippen LogP contribution in [0.1, 0.15) is 42.4 Å². The number of halogens is 1. The van der Waals surface area contributed by atoms with Gasteiger partial charge in [0.2, 0.25) is 23.6 Å². The lowest BCUT2D eigenvalue weighted by Crippen LogP contribution is -2.53. The van der Waals surface area contributed by atoms with Crippen molar-refractivity contribution < 1.29 is 24.3 Å². The Morgan fingerprint density at radius 2 is 1.50 bits per heavy atom. The molecular weight excluding hydrogens is 624 g/mol. The van der Waals surface area contributed by atoms with E-state index in [1.54, 1.807) is 48.5 Å². The minimum atomic E-state index is -1.35. The van der Waals surface area contributed by atoms with Crippen LogP contribution in [0.15, 0.2) is 115 Å². The Bertz CT molecular complexity index is 2010. The summed E-state index contributed by atoms with van der Waals surface area (Å²) in [6.07, 6.45) is 3.44. The van der Waals surface area contributed by atoms with Crippen molar-refractivity contribution in [2.75, 3.05) is 9.80 Å². The van der Waals surface area contributed by atoms with Gasteiger partial charge >= 0.3 is 0 Å². The summed E-state index contributed by atoms with van der Waals surface area (Å²) < 4.78 is 0. The second-order valence-electron chi connectivity index (χ2n) is 13.2. The molecule has 0 spiro atoms. The highest BCUT2D eigenvalue weighted by Gasteiger charge is 2.70. The number of anilines is 2. The second-order valence-corrected chi connectivity index (χ2v) is 13.7. The predicted octanol–water partition coefficient (Wildman–Crippen LogP) is 6.98. The lowest BCUT2D eigenvalue weighted by Gasteiger charge is -2.50. The molecule has 0 unspecified atom stereocenters.